The molecule has 0 aliphatic carbocycles. The minimum absolute atomic E-state index is 0.0266. The van der Waals surface area contributed by atoms with Gasteiger partial charge in [0.25, 0.3) is 11.8 Å². The van der Waals surface area contributed by atoms with Crippen molar-refractivity contribution < 1.29 is 29.3 Å². The van der Waals surface area contributed by atoms with Crippen LogP contribution in [0.3, 0.4) is 0 Å². The number of ether oxygens (including phenoxy) is 1. The van der Waals surface area contributed by atoms with Gasteiger partial charge in [0.05, 0.1) is 16.4 Å². The molecule has 3 rings (SSSR count). The summed E-state index contributed by atoms with van der Waals surface area (Å²) in [6, 6.07) is 7.55. The summed E-state index contributed by atoms with van der Waals surface area (Å²) in [7, 11) is 1.38. The predicted molar refractivity (Wildman–Crippen MR) is 104 cm³/mol. The second kappa shape index (κ2) is 7.27. The van der Waals surface area contributed by atoms with Gasteiger partial charge in [-0.3, -0.25) is 14.9 Å². The van der Waals surface area contributed by atoms with Crippen LogP contribution in [0, 0.1) is 3.57 Å². The molecule has 1 fully saturated rings. The maximum absolute atomic E-state index is 12.8. The lowest BCUT2D eigenvalue weighted by molar-refractivity contribution is -0.122. The normalized spacial score (nSPS) is 15.9. The predicted octanol–water partition coefficient (Wildman–Crippen LogP) is 2.38. The average molecular weight is 480 g/mol. The number of nitrogens with one attached hydrogen (secondary N) is 1. The van der Waals surface area contributed by atoms with Crippen molar-refractivity contribution >= 4 is 52.2 Å². The van der Waals surface area contributed by atoms with Gasteiger partial charge in [-0.15, -0.1) is 0 Å². The lowest BCUT2D eigenvalue weighted by atomic mass is 10.1. The van der Waals surface area contributed by atoms with Crippen molar-refractivity contribution in [3.63, 3.8) is 0 Å². The number of phenolic OH excluding ortho intramolecular Hbond substituents is 2. The molecule has 8 nitrogen and oxygen atoms in total. The SMILES string of the molecule is COc1cc(/C=C2/C(=O)NC(=O)N(c3ccc(O)cc3)C2=O)cc(I)c1O. The lowest BCUT2D eigenvalue weighted by Gasteiger charge is -2.26. The van der Waals surface area contributed by atoms with Crippen molar-refractivity contribution in [3.8, 4) is 17.2 Å². The summed E-state index contributed by atoms with van der Waals surface area (Å²) in [5, 5.41) is 21.4. The molecule has 0 atom stereocenters. The van der Waals surface area contributed by atoms with Gasteiger partial charge in [-0.2, -0.15) is 0 Å². The first-order valence-corrected chi connectivity index (χ1v) is 8.66. The van der Waals surface area contributed by atoms with Crippen LogP contribution in [0.4, 0.5) is 10.5 Å². The number of urea groups is 1. The summed E-state index contributed by atoms with van der Waals surface area (Å²) in [5.74, 6) is -1.54. The topological polar surface area (TPSA) is 116 Å². The molecule has 1 aliphatic heterocycles. The molecule has 0 spiro atoms. The Morgan fingerprint density at radius 2 is 1.78 bits per heavy atom. The maximum Gasteiger partial charge on any atom is 0.335 e. The van der Waals surface area contributed by atoms with E-state index >= 15 is 0 Å². The Labute approximate surface area is 167 Å². The molecule has 0 aromatic heterocycles. The van der Waals surface area contributed by atoms with E-state index in [1.54, 1.807) is 6.07 Å². The number of carbonyl (C=O) groups excluding carboxylic acids is 3. The number of benzene rings is 2. The first-order chi connectivity index (χ1) is 12.8. The molecule has 1 aliphatic rings. The first kappa shape index (κ1) is 18.7. The second-order valence-corrected chi connectivity index (χ2v) is 6.69. The number of methoxy groups -OCH3 is 1. The van der Waals surface area contributed by atoms with Gasteiger partial charge in [-0.25, -0.2) is 9.69 Å². The molecule has 3 N–H and O–H groups in total. The van der Waals surface area contributed by atoms with E-state index in [4.69, 9.17) is 4.74 Å². The van der Waals surface area contributed by atoms with Gasteiger partial charge in [0, 0.05) is 0 Å². The Balaban J connectivity index is 2.04. The lowest BCUT2D eigenvalue weighted by Crippen LogP contribution is -2.54. The number of amides is 4. The van der Waals surface area contributed by atoms with Crippen LogP contribution in [0.1, 0.15) is 5.56 Å². The van der Waals surface area contributed by atoms with Gasteiger partial charge >= 0.3 is 6.03 Å². The molecular formula is C18H13IN2O6. The van der Waals surface area contributed by atoms with E-state index in [0.29, 0.717) is 9.13 Å². The molecule has 9 heteroatoms. The Bertz CT molecular complexity index is 984. The number of aromatic hydroxyl groups is 2. The van der Waals surface area contributed by atoms with E-state index < -0.39 is 17.8 Å². The van der Waals surface area contributed by atoms with Crippen LogP contribution < -0.4 is 15.0 Å². The molecule has 1 saturated heterocycles. The Morgan fingerprint density at radius 3 is 2.41 bits per heavy atom. The molecule has 138 valence electrons. The standard InChI is InChI=1S/C18H13IN2O6/c1-27-14-8-9(7-13(19)15(14)23)6-12-16(24)20-18(26)21(17(12)25)10-2-4-11(22)5-3-10/h2-8,22-23H,1H3,(H,20,24,26)/b12-6-. The fourth-order valence-electron chi connectivity index (χ4n) is 2.49. The van der Waals surface area contributed by atoms with Crippen LogP contribution in [0.15, 0.2) is 42.0 Å². The summed E-state index contributed by atoms with van der Waals surface area (Å²) in [4.78, 5) is 37.9. The highest BCUT2D eigenvalue weighted by atomic mass is 127. The fourth-order valence-corrected chi connectivity index (χ4v) is 3.12. The highest BCUT2D eigenvalue weighted by Crippen LogP contribution is 2.33. The molecule has 27 heavy (non-hydrogen) atoms. The van der Waals surface area contributed by atoms with Crippen molar-refractivity contribution in [3.05, 3.63) is 51.1 Å². The number of phenols is 2. The zero-order valence-electron chi connectivity index (χ0n) is 13.9. The van der Waals surface area contributed by atoms with Gasteiger partial charge < -0.3 is 14.9 Å². The summed E-state index contributed by atoms with van der Waals surface area (Å²) in [6.07, 6.45) is 1.31. The monoisotopic (exact) mass is 480 g/mol. The summed E-state index contributed by atoms with van der Waals surface area (Å²) < 4.78 is 5.54. The van der Waals surface area contributed by atoms with Crippen LogP contribution in [0.5, 0.6) is 17.2 Å². The van der Waals surface area contributed by atoms with Crippen LogP contribution >= 0.6 is 22.6 Å². The molecule has 0 saturated carbocycles. The highest BCUT2D eigenvalue weighted by molar-refractivity contribution is 14.1. The number of hydrogen-bond donors (Lipinski definition) is 3. The van der Waals surface area contributed by atoms with Crippen LogP contribution in [-0.2, 0) is 9.59 Å². The number of carbonyl (C=O) groups is 3. The number of hydrogen-bond acceptors (Lipinski definition) is 6. The molecule has 1 heterocycles. The molecule has 2 aromatic rings. The Morgan fingerprint density at radius 1 is 1.11 bits per heavy atom. The zero-order valence-corrected chi connectivity index (χ0v) is 16.1. The number of halogens is 1. The number of rotatable bonds is 3. The first-order valence-electron chi connectivity index (χ1n) is 7.59. The van der Waals surface area contributed by atoms with Crippen molar-refractivity contribution in [2.75, 3.05) is 12.0 Å². The average Bonchev–Trinajstić information content (AvgIpc) is 2.62. The van der Waals surface area contributed by atoms with Gasteiger partial charge in [0.2, 0.25) is 0 Å². The fraction of sp³-hybridized carbons (Fsp3) is 0.0556. The number of anilines is 1. The largest absolute Gasteiger partial charge is 0.508 e. The zero-order chi connectivity index (χ0) is 19.7. The summed E-state index contributed by atoms with van der Waals surface area (Å²) in [5.41, 5.74) is 0.380. The second-order valence-electron chi connectivity index (χ2n) is 5.53. The van der Waals surface area contributed by atoms with E-state index in [0.717, 1.165) is 4.90 Å². The van der Waals surface area contributed by atoms with Crippen LogP contribution in [0.2, 0.25) is 0 Å². The van der Waals surface area contributed by atoms with Crippen molar-refractivity contribution in [1.29, 1.82) is 0 Å². The van der Waals surface area contributed by atoms with Gasteiger partial charge in [0.1, 0.15) is 11.3 Å². The summed E-state index contributed by atoms with van der Waals surface area (Å²) >= 11 is 1.89. The smallest absolute Gasteiger partial charge is 0.335 e. The van der Waals surface area contributed by atoms with E-state index in [1.165, 1.54) is 43.5 Å². The van der Waals surface area contributed by atoms with E-state index in [1.807, 2.05) is 22.6 Å². The van der Waals surface area contributed by atoms with Gasteiger partial charge in [-0.05, 0) is 70.6 Å². The van der Waals surface area contributed by atoms with Gasteiger partial charge in [-0.1, -0.05) is 0 Å². The molecule has 2 aromatic carbocycles. The van der Waals surface area contributed by atoms with Crippen molar-refractivity contribution in [2.45, 2.75) is 0 Å². The van der Waals surface area contributed by atoms with Crippen molar-refractivity contribution in [2.24, 2.45) is 0 Å². The molecule has 0 bridgehead atoms. The third kappa shape index (κ3) is 3.58. The quantitative estimate of drug-likeness (QED) is 0.353. The van der Waals surface area contributed by atoms with E-state index in [9.17, 15) is 24.6 Å². The third-order valence-electron chi connectivity index (χ3n) is 3.79. The highest BCUT2D eigenvalue weighted by Gasteiger charge is 2.36. The van der Waals surface area contributed by atoms with E-state index in [2.05, 4.69) is 5.32 Å². The number of barbiturate groups is 1. The van der Waals surface area contributed by atoms with Crippen LogP contribution in [0.25, 0.3) is 6.08 Å². The Kier molecular flexibility index (Phi) is 5.04. The molecule has 0 radical (unpaired) electrons. The third-order valence-corrected chi connectivity index (χ3v) is 4.61. The van der Waals surface area contributed by atoms with E-state index in [-0.39, 0.29) is 28.5 Å². The molecular weight excluding hydrogens is 467 g/mol. The molecule has 4 amide bonds. The molecule has 0 unspecified atom stereocenters. The van der Waals surface area contributed by atoms with Crippen molar-refractivity contribution in [1.82, 2.24) is 5.32 Å². The minimum atomic E-state index is -0.884. The maximum atomic E-state index is 12.8. The number of imide groups is 2. The minimum Gasteiger partial charge on any atom is -0.508 e. The number of nitrogens with zero attached hydrogens (tertiary/aromatic N) is 1. The Hall–Kier alpha value is -3.08. The summed E-state index contributed by atoms with van der Waals surface area (Å²) in [6.45, 7) is 0. The van der Waals surface area contributed by atoms with Gasteiger partial charge in [0.15, 0.2) is 11.5 Å². The van der Waals surface area contributed by atoms with Crippen LogP contribution in [-0.4, -0.2) is 35.2 Å².